The van der Waals surface area contributed by atoms with E-state index in [2.05, 4.69) is 10.2 Å². The molecule has 3 heteroatoms. The third kappa shape index (κ3) is 2.62. The molecular weight excluding hydrogens is 138 g/mol. The number of nitrogens with zero attached hydrogens (tertiary/aromatic N) is 2. The number of hydrogen-bond acceptors (Lipinski definition) is 2. The van der Waals surface area contributed by atoms with Gasteiger partial charge in [-0.2, -0.15) is 5.10 Å². The SMILES string of the molecule is N/C=N/N=C/c1ccccc1. The number of nitrogens with two attached hydrogens (primary N) is 1. The Balaban J connectivity index is 2.64. The minimum absolute atomic E-state index is 1.01. The molecule has 1 aromatic carbocycles. The van der Waals surface area contributed by atoms with E-state index in [0.717, 1.165) is 11.9 Å². The molecule has 56 valence electrons. The highest BCUT2D eigenvalue weighted by Gasteiger charge is 1.80. The third-order valence-electron chi connectivity index (χ3n) is 1.14. The number of rotatable bonds is 2. The fourth-order valence-electron chi connectivity index (χ4n) is 0.678. The van der Waals surface area contributed by atoms with Crippen molar-refractivity contribution in [1.29, 1.82) is 0 Å². The van der Waals surface area contributed by atoms with Crippen LogP contribution in [0.3, 0.4) is 0 Å². The van der Waals surface area contributed by atoms with E-state index in [9.17, 15) is 0 Å². The lowest BCUT2D eigenvalue weighted by Gasteiger charge is -1.86. The fraction of sp³-hybridized carbons (Fsp3) is 0. The predicted octanol–water partition coefficient (Wildman–Crippen LogP) is 1.01. The van der Waals surface area contributed by atoms with E-state index in [-0.39, 0.29) is 0 Å². The molecule has 0 bridgehead atoms. The van der Waals surface area contributed by atoms with Gasteiger partial charge in [-0.05, 0) is 5.56 Å². The molecular formula is C8H9N3. The first-order valence-corrected chi connectivity index (χ1v) is 3.25. The molecule has 0 unspecified atom stereocenters. The topological polar surface area (TPSA) is 50.7 Å². The van der Waals surface area contributed by atoms with Crippen molar-refractivity contribution in [3.05, 3.63) is 35.9 Å². The summed E-state index contributed by atoms with van der Waals surface area (Å²) in [5.74, 6) is 0. The average molecular weight is 147 g/mol. The van der Waals surface area contributed by atoms with E-state index in [1.165, 1.54) is 0 Å². The first-order valence-electron chi connectivity index (χ1n) is 3.25. The molecule has 0 aliphatic heterocycles. The van der Waals surface area contributed by atoms with Crippen LogP contribution < -0.4 is 5.73 Å². The van der Waals surface area contributed by atoms with E-state index < -0.39 is 0 Å². The smallest absolute Gasteiger partial charge is 0.108 e. The Bertz CT molecular complexity index is 251. The molecule has 0 saturated carbocycles. The van der Waals surface area contributed by atoms with Gasteiger partial charge in [0.15, 0.2) is 0 Å². The maximum absolute atomic E-state index is 4.99. The van der Waals surface area contributed by atoms with Crippen LogP contribution in [0.1, 0.15) is 5.56 Å². The normalized spacial score (nSPS) is 11.3. The minimum atomic E-state index is 1.01. The Morgan fingerprint density at radius 1 is 1.09 bits per heavy atom. The molecule has 0 fully saturated rings. The summed E-state index contributed by atoms with van der Waals surface area (Å²) in [6.07, 6.45) is 2.79. The summed E-state index contributed by atoms with van der Waals surface area (Å²) in [6.45, 7) is 0. The largest absolute Gasteiger partial charge is 0.388 e. The number of benzene rings is 1. The highest BCUT2D eigenvalue weighted by molar-refractivity contribution is 5.79. The second-order valence-corrected chi connectivity index (χ2v) is 1.92. The van der Waals surface area contributed by atoms with E-state index >= 15 is 0 Å². The maximum atomic E-state index is 4.99. The molecule has 11 heavy (non-hydrogen) atoms. The molecule has 3 nitrogen and oxygen atoms in total. The second-order valence-electron chi connectivity index (χ2n) is 1.92. The zero-order chi connectivity index (χ0) is 7.94. The molecule has 1 aromatic rings. The molecule has 0 aliphatic carbocycles. The summed E-state index contributed by atoms with van der Waals surface area (Å²) < 4.78 is 0. The maximum Gasteiger partial charge on any atom is 0.108 e. The Morgan fingerprint density at radius 2 is 1.82 bits per heavy atom. The van der Waals surface area contributed by atoms with E-state index in [4.69, 9.17) is 5.73 Å². The Hall–Kier alpha value is -1.64. The summed E-state index contributed by atoms with van der Waals surface area (Å²) in [6, 6.07) is 9.70. The van der Waals surface area contributed by atoms with Crippen LogP contribution in [0.15, 0.2) is 40.5 Å². The zero-order valence-electron chi connectivity index (χ0n) is 6.01. The average Bonchev–Trinajstić information content (AvgIpc) is 2.07. The van der Waals surface area contributed by atoms with Gasteiger partial charge in [-0.3, -0.25) is 0 Å². The van der Waals surface area contributed by atoms with E-state index in [1.807, 2.05) is 30.3 Å². The van der Waals surface area contributed by atoms with Crippen LogP contribution in [0.25, 0.3) is 0 Å². The summed E-state index contributed by atoms with van der Waals surface area (Å²) in [7, 11) is 0. The quantitative estimate of drug-likeness (QED) is 0.379. The number of hydrogen-bond donors (Lipinski definition) is 1. The van der Waals surface area contributed by atoms with Gasteiger partial charge in [0.1, 0.15) is 6.34 Å². The van der Waals surface area contributed by atoms with Crippen molar-refractivity contribution in [2.24, 2.45) is 15.9 Å². The summed E-state index contributed by atoms with van der Waals surface area (Å²) in [5, 5.41) is 7.17. The van der Waals surface area contributed by atoms with Gasteiger partial charge in [0.2, 0.25) is 0 Å². The van der Waals surface area contributed by atoms with E-state index in [1.54, 1.807) is 6.21 Å². The van der Waals surface area contributed by atoms with Gasteiger partial charge in [-0.15, -0.1) is 5.10 Å². The van der Waals surface area contributed by atoms with Crippen LogP contribution >= 0.6 is 0 Å². The summed E-state index contributed by atoms with van der Waals surface area (Å²) in [5.41, 5.74) is 6.00. The van der Waals surface area contributed by atoms with Crippen molar-refractivity contribution >= 4 is 12.6 Å². The third-order valence-corrected chi connectivity index (χ3v) is 1.14. The second kappa shape index (κ2) is 4.22. The van der Waals surface area contributed by atoms with Crippen LogP contribution in [0.4, 0.5) is 0 Å². The van der Waals surface area contributed by atoms with E-state index in [0.29, 0.717) is 0 Å². The Kier molecular flexibility index (Phi) is 2.86. The van der Waals surface area contributed by atoms with Gasteiger partial charge in [0.25, 0.3) is 0 Å². The highest BCUT2D eigenvalue weighted by atomic mass is 15.2. The molecule has 0 atom stereocenters. The first kappa shape index (κ1) is 7.47. The Labute approximate surface area is 65.3 Å². The van der Waals surface area contributed by atoms with Gasteiger partial charge in [-0.1, -0.05) is 30.3 Å². The van der Waals surface area contributed by atoms with Gasteiger partial charge in [0.05, 0.1) is 6.21 Å². The van der Waals surface area contributed by atoms with Crippen molar-refractivity contribution < 1.29 is 0 Å². The summed E-state index contributed by atoms with van der Waals surface area (Å²) >= 11 is 0. The minimum Gasteiger partial charge on any atom is -0.388 e. The fourth-order valence-corrected chi connectivity index (χ4v) is 0.678. The van der Waals surface area contributed by atoms with Crippen molar-refractivity contribution in [3.8, 4) is 0 Å². The van der Waals surface area contributed by atoms with Crippen LogP contribution in [0.2, 0.25) is 0 Å². The Morgan fingerprint density at radius 3 is 2.45 bits per heavy atom. The van der Waals surface area contributed by atoms with Crippen molar-refractivity contribution in [2.75, 3.05) is 0 Å². The summed E-state index contributed by atoms with van der Waals surface area (Å²) in [4.78, 5) is 0. The first-order chi connectivity index (χ1) is 5.43. The lowest BCUT2D eigenvalue weighted by atomic mass is 10.2. The van der Waals surface area contributed by atoms with Crippen molar-refractivity contribution in [1.82, 2.24) is 0 Å². The molecule has 0 saturated heterocycles. The zero-order valence-corrected chi connectivity index (χ0v) is 6.01. The van der Waals surface area contributed by atoms with Crippen LogP contribution in [-0.4, -0.2) is 12.6 Å². The van der Waals surface area contributed by atoms with Crippen molar-refractivity contribution in [2.45, 2.75) is 0 Å². The molecule has 0 radical (unpaired) electrons. The van der Waals surface area contributed by atoms with Gasteiger partial charge < -0.3 is 5.73 Å². The highest BCUT2D eigenvalue weighted by Crippen LogP contribution is 1.93. The predicted molar refractivity (Wildman–Crippen MR) is 46.7 cm³/mol. The van der Waals surface area contributed by atoms with Gasteiger partial charge in [0, 0.05) is 0 Å². The molecule has 1 rings (SSSR count). The monoisotopic (exact) mass is 147 g/mol. The lowest BCUT2D eigenvalue weighted by molar-refractivity contribution is 1.26. The molecule has 0 aromatic heterocycles. The van der Waals surface area contributed by atoms with Gasteiger partial charge in [-0.25, -0.2) is 0 Å². The molecule has 0 spiro atoms. The lowest BCUT2D eigenvalue weighted by Crippen LogP contribution is -1.86. The van der Waals surface area contributed by atoms with Crippen molar-refractivity contribution in [3.63, 3.8) is 0 Å². The van der Waals surface area contributed by atoms with Crippen LogP contribution in [-0.2, 0) is 0 Å². The molecule has 0 amide bonds. The molecule has 0 heterocycles. The molecule has 0 aliphatic rings. The molecule has 2 N–H and O–H groups in total. The van der Waals surface area contributed by atoms with Crippen LogP contribution in [0.5, 0.6) is 0 Å². The van der Waals surface area contributed by atoms with Gasteiger partial charge >= 0.3 is 0 Å². The van der Waals surface area contributed by atoms with Crippen LogP contribution in [0, 0.1) is 0 Å². The standard InChI is InChI=1S/C8H9N3/c9-7-11-10-6-8-4-2-1-3-5-8/h1-7H,(H2,9,11)/b10-6+.